The van der Waals surface area contributed by atoms with E-state index in [0.29, 0.717) is 5.75 Å². The Hall–Kier alpha value is -1.56. The molecule has 0 unspecified atom stereocenters. The van der Waals surface area contributed by atoms with Gasteiger partial charge in [0.25, 0.3) is 0 Å². The van der Waals surface area contributed by atoms with Gasteiger partial charge >= 0.3 is 5.97 Å². The third-order valence-electron chi connectivity index (χ3n) is 2.96. The molecule has 0 heterocycles. The number of aliphatic carboxylic acids is 1. The summed E-state index contributed by atoms with van der Waals surface area (Å²) >= 11 is 0. The molecule has 0 amide bonds. The van der Waals surface area contributed by atoms with Crippen molar-refractivity contribution in [3.63, 3.8) is 0 Å². The molecule has 92 valence electrons. The van der Waals surface area contributed by atoms with Crippen LogP contribution in [0.25, 0.3) is 0 Å². The number of rotatable bonds is 4. The van der Waals surface area contributed by atoms with Crippen molar-refractivity contribution < 1.29 is 23.1 Å². The van der Waals surface area contributed by atoms with Crippen LogP contribution in [-0.4, -0.2) is 31.4 Å². The second-order valence-corrected chi connectivity index (χ2v) is 6.24. The number of ether oxygens (including phenoxy) is 1. The van der Waals surface area contributed by atoms with E-state index in [1.54, 1.807) is 6.07 Å². The van der Waals surface area contributed by atoms with E-state index in [1.807, 2.05) is 0 Å². The lowest BCUT2D eigenvalue weighted by Crippen LogP contribution is -2.32. The van der Waals surface area contributed by atoms with Crippen LogP contribution in [0.4, 0.5) is 0 Å². The molecule has 1 aromatic carbocycles. The first kappa shape index (κ1) is 11.9. The van der Waals surface area contributed by atoms with Crippen molar-refractivity contribution in [1.82, 2.24) is 0 Å². The van der Waals surface area contributed by atoms with Gasteiger partial charge in [0, 0.05) is 0 Å². The van der Waals surface area contributed by atoms with Crippen LogP contribution in [0, 0.1) is 0 Å². The minimum atomic E-state index is -3.84. The van der Waals surface area contributed by atoms with Crippen molar-refractivity contribution in [2.75, 3.05) is 7.11 Å². The number of carboxylic acids is 1. The lowest BCUT2D eigenvalue weighted by molar-refractivity contribution is -0.137. The molecule has 0 spiro atoms. The van der Waals surface area contributed by atoms with Crippen molar-refractivity contribution in [3.8, 4) is 5.75 Å². The molecule has 6 heteroatoms. The maximum atomic E-state index is 12.2. The van der Waals surface area contributed by atoms with Gasteiger partial charge in [-0.1, -0.05) is 6.07 Å². The molecular formula is C11H12O5S. The first-order valence-corrected chi connectivity index (χ1v) is 6.54. The van der Waals surface area contributed by atoms with Gasteiger partial charge in [-0.3, -0.25) is 4.79 Å². The molecule has 1 aliphatic carbocycles. The molecule has 1 N–H and O–H groups in total. The standard InChI is InChI=1S/C11H12O5S/c1-16-8-3-2-4-9(7-8)17(14,15)11(5-6-11)10(12)13/h2-4,7H,5-6H2,1H3,(H,12,13). The van der Waals surface area contributed by atoms with E-state index >= 15 is 0 Å². The van der Waals surface area contributed by atoms with Gasteiger partial charge in [0.05, 0.1) is 12.0 Å². The Balaban J connectivity index is 2.49. The fraction of sp³-hybridized carbons (Fsp3) is 0.364. The Bertz CT molecular complexity index is 557. The number of methoxy groups -OCH3 is 1. The first-order valence-electron chi connectivity index (χ1n) is 5.06. The molecule has 0 bridgehead atoms. The minimum Gasteiger partial charge on any atom is -0.497 e. The third-order valence-corrected chi connectivity index (χ3v) is 5.45. The highest BCUT2D eigenvalue weighted by atomic mass is 32.2. The van der Waals surface area contributed by atoms with Crippen LogP contribution in [0.5, 0.6) is 5.75 Å². The molecule has 0 atom stereocenters. The van der Waals surface area contributed by atoms with E-state index < -0.39 is 20.6 Å². The maximum Gasteiger partial charge on any atom is 0.325 e. The predicted molar refractivity (Wildman–Crippen MR) is 59.8 cm³/mol. The van der Waals surface area contributed by atoms with E-state index in [0.717, 1.165) is 0 Å². The van der Waals surface area contributed by atoms with E-state index in [2.05, 4.69) is 0 Å². The van der Waals surface area contributed by atoms with Crippen LogP contribution in [0.15, 0.2) is 29.2 Å². The van der Waals surface area contributed by atoms with Gasteiger partial charge in [-0.15, -0.1) is 0 Å². The molecule has 0 aromatic heterocycles. The fourth-order valence-corrected chi connectivity index (χ4v) is 3.55. The summed E-state index contributed by atoms with van der Waals surface area (Å²) in [5.74, 6) is -0.882. The summed E-state index contributed by atoms with van der Waals surface area (Å²) in [6.07, 6.45) is 0.337. The molecule has 2 rings (SSSR count). The average molecular weight is 256 g/mol. The molecule has 1 saturated carbocycles. The zero-order valence-electron chi connectivity index (χ0n) is 9.21. The van der Waals surface area contributed by atoms with Crippen LogP contribution in [0.2, 0.25) is 0 Å². The van der Waals surface area contributed by atoms with Crippen LogP contribution < -0.4 is 4.74 Å². The van der Waals surface area contributed by atoms with Crippen LogP contribution >= 0.6 is 0 Å². The Kier molecular flexibility index (Phi) is 2.61. The SMILES string of the molecule is COc1cccc(S(=O)(=O)C2(C(=O)O)CC2)c1. The number of hydrogen-bond acceptors (Lipinski definition) is 4. The molecule has 0 radical (unpaired) electrons. The van der Waals surface area contributed by atoms with Crippen molar-refractivity contribution in [2.45, 2.75) is 22.5 Å². The topological polar surface area (TPSA) is 80.7 Å². The molecule has 5 nitrogen and oxygen atoms in total. The Labute approximate surface area is 98.9 Å². The van der Waals surface area contributed by atoms with Crippen LogP contribution in [0.1, 0.15) is 12.8 Å². The minimum absolute atomic E-state index is 0.00301. The zero-order chi connectivity index (χ0) is 12.7. The third kappa shape index (κ3) is 1.68. The Morgan fingerprint density at radius 1 is 1.41 bits per heavy atom. The molecule has 1 aliphatic rings. The number of benzene rings is 1. The highest BCUT2D eigenvalue weighted by molar-refractivity contribution is 7.94. The van der Waals surface area contributed by atoms with Crippen molar-refractivity contribution >= 4 is 15.8 Å². The van der Waals surface area contributed by atoms with Gasteiger partial charge in [-0.25, -0.2) is 8.42 Å². The maximum absolute atomic E-state index is 12.2. The molecule has 0 aliphatic heterocycles. The second-order valence-electron chi connectivity index (χ2n) is 3.98. The number of carboxylic acid groups (broad SMARTS) is 1. The Morgan fingerprint density at radius 2 is 2.06 bits per heavy atom. The molecular weight excluding hydrogens is 244 g/mol. The second kappa shape index (κ2) is 3.73. The summed E-state index contributed by atoms with van der Waals surface area (Å²) in [7, 11) is -2.41. The quantitative estimate of drug-likeness (QED) is 0.872. The van der Waals surface area contributed by atoms with Crippen LogP contribution in [-0.2, 0) is 14.6 Å². The fourth-order valence-electron chi connectivity index (χ4n) is 1.71. The highest BCUT2D eigenvalue weighted by Gasteiger charge is 2.61. The van der Waals surface area contributed by atoms with Crippen molar-refractivity contribution in [1.29, 1.82) is 0 Å². The van der Waals surface area contributed by atoms with Gasteiger partial charge < -0.3 is 9.84 Å². The monoisotopic (exact) mass is 256 g/mol. The average Bonchev–Trinajstić information content (AvgIpc) is 3.10. The van der Waals surface area contributed by atoms with Crippen LogP contribution in [0.3, 0.4) is 0 Å². The van der Waals surface area contributed by atoms with E-state index in [9.17, 15) is 13.2 Å². The predicted octanol–water partition coefficient (Wildman–Crippen LogP) is 1.09. The summed E-state index contributed by atoms with van der Waals surface area (Å²) in [4.78, 5) is 11.0. The zero-order valence-corrected chi connectivity index (χ0v) is 10.0. The normalized spacial score (nSPS) is 17.5. The lowest BCUT2D eigenvalue weighted by Gasteiger charge is -2.12. The van der Waals surface area contributed by atoms with E-state index in [-0.39, 0.29) is 17.7 Å². The molecule has 1 aromatic rings. The Morgan fingerprint density at radius 3 is 2.53 bits per heavy atom. The number of sulfone groups is 1. The summed E-state index contributed by atoms with van der Waals surface area (Å²) in [5, 5.41) is 9.02. The van der Waals surface area contributed by atoms with Gasteiger partial charge in [-0.05, 0) is 31.0 Å². The largest absolute Gasteiger partial charge is 0.497 e. The van der Waals surface area contributed by atoms with Gasteiger partial charge in [0.15, 0.2) is 14.6 Å². The summed E-state index contributed by atoms with van der Waals surface area (Å²) < 4.78 is 27.7. The van der Waals surface area contributed by atoms with E-state index in [4.69, 9.17) is 9.84 Å². The van der Waals surface area contributed by atoms with Crippen molar-refractivity contribution in [3.05, 3.63) is 24.3 Å². The van der Waals surface area contributed by atoms with Crippen molar-refractivity contribution in [2.24, 2.45) is 0 Å². The smallest absolute Gasteiger partial charge is 0.325 e. The summed E-state index contributed by atoms with van der Waals surface area (Å²) in [6.45, 7) is 0. The summed E-state index contributed by atoms with van der Waals surface area (Å²) in [5.41, 5.74) is 0. The van der Waals surface area contributed by atoms with Gasteiger partial charge in [-0.2, -0.15) is 0 Å². The lowest BCUT2D eigenvalue weighted by atomic mass is 10.3. The van der Waals surface area contributed by atoms with Gasteiger partial charge in [0.2, 0.25) is 0 Å². The number of hydrogen-bond donors (Lipinski definition) is 1. The first-order chi connectivity index (χ1) is 7.94. The van der Waals surface area contributed by atoms with Gasteiger partial charge in [0.1, 0.15) is 5.75 Å². The summed E-state index contributed by atoms with van der Waals surface area (Å²) in [6, 6.07) is 5.88. The molecule has 17 heavy (non-hydrogen) atoms. The molecule has 0 saturated heterocycles. The number of carbonyl (C=O) groups is 1. The molecule has 1 fully saturated rings. The van der Waals surface area contributed by atoms with E-state index in [1.165, 1.54) is 25.3 Å². The highest BCUT2D eigenvalue weighted by Crippen LogP contribution is 2.47.